The summed E-state index contributed by atoms with van der Waals surface area (Å²) in [6.45, 7) is 0. The Balaban J connectivity index is -0.000000125. The molecule has 1 aromatic rings. The summed E-state index contributed by atoms with van der Waals surface area (Å²) < 4.78 is 0. The Labute approximate surface area is 79.5 Å². The fraction of sp³-hybridized carbons (Fsp3) is 0. The molecule has 7 nitrogen and oxygen atoms in total. The van der Waals surface area contributed by atoms with E-state index in [-0.39, 0.29) is 33.2 Å². The van der Waals surface area contributed by atoms with E-state index in [1.54, 1.807) is 0 Å². The molecule has 0 aliphatic rings. The molecule has 14 heavy (non-hydrogen) atoms. The molecule has 0 bridgehead atoms. The Morgan fingerprint density at radius 1 is 0.929 bits per heavy atom. The van der Waals surface area contributed by atoms with Crippen LogP contribution in [0.15, 0.2) is 24.3 Å². The van der Waals surface area contributed by atoms with Crippen molar-refractivity contribution in [2.45, 2.75) is 0 Å². The van der Waals surface area contributed by atoms with E-state index in [9.17, 15) is 4.79 Å². The van der Waals surface area contributed by atoms with E-state index in [2.05, 4.69) is 0 Å². The Hall–Kier alpha value is -1.67. The van der Waals surface area contributed by atoms with Gasteiger partial charge in [-0.1, -0.05) is 0 Å². The first-order valence-corrected chi connectivity index (χ1v) is 2.72. The van der Waals surface area contributed by atoms with Crippen LogP contribution in [0.5, 0.6) is 5.75 Å². The second kappa shape index (κ2) is 9.42. The van der Waals surface area contributed by atoms with Crippen LogP contribution < -0.4 is 0 Å². The Bertz CT molecular complexity index is 243. The fourth-order valence-corrected chi connectivity index (χ4v) is 0.604. The van der Waals surface area contributed by atoms with Gasteiger partial charge in [-0.2, -0.15) is 0 Å². The smallest absolute Gasteiger partial charge is 0.335 e. The maximum atomic E-state index is 10.2. The van der Waals surface area contributed by atoms with Crippen LogP contribution in [0.2, 0.25) is 0 Å². The number of aromatic carboxylic acids is 1. The van der Waals surface area contributed by atoms with Gasteiger partial charge in [0.1, 0.15) is 5.75 Å². The molecule has 0 saturated heterocycles. The number of phenolic OH excluding ortho intramolecular Hbond substituents is 1. The highest BCUT2D eigenvalue weighted by atomic mass is 16.4. The highest BCUT2D eigenvalue weighted by molar-refractivity contribution is 5.87. The van der Waals surface area contributed by atoms with Crippen molar-refractivity contribution in [3.05, 3.63) is 29.8 Å². The van der Waals surface area contributed by atoms with Gasteiger partial charge in [0.25, 0.3) is 0 Å². The Morgan fingerprint density at radius 2 is 1.29 bits per heavy atom. The van der Waals surface area contributed by atoms with Crippen LogP contribution in [0.1, 0.15) is 10.4 Å². The number of hydrogen-bond donors (Lipinski definition) is 2. The van der Waals surface area contributed by atoms with E-state index in [1.165, 1.54) is 24.3 Å². The zero-order valence-electron chi connectivity index (χ0n) is 7.11. The molecule has 0 heterocycles. The highest BCUT2D eigenvalue weighted by Crippen LogP contribution is 2.08. The first kappa shape index (κ1) is 22.8. The Kier molecular flexibility index (Phi) is 15.3. The molecule has 0 aromatic heterocycles. The number of benzene rings is 1. The number of phenols is 1. The molecule has 0 spiro atoms. The molecular formula is C7H14O7. The van der Waals surface area contributed by atoms with Crippen molar-refractivity contribution in [3.8, 4) is 5.75 Å². The van der Waals surface area contributed by atoms with Crippen molar-refractivity contribution in [2.24, 2.45) is 0 Å². The molecule has 0 unspecified atom stereocenters. The van der Waals surface area contributed by atoms with Crippen LogP contribution in [0, 0.1) is 0 Å². The van der Waals surface area contributed by atoms with Crippen LogP contribution in [0.3, 0.4) is 0 Å². The van der Waals surface area contributed by atoms with E-state index in [1.807, 2.05) is 0 Å². The second-order valence-electron chi connectivity index (χ2n) is 1.85. The quantitative estimate of drug-likeness (QED) is 0.533. The Morgan fingerprint density at radius 3 is 1.57 bits per heavy atom. The van der Waals surface area contributed by atoms with Crippen LogP contribution in [-0.4, -0.2) is 38.1 Å². The predicted octanol–water partition coefficient (Wildman–Crippen LogP) is -2.21. The molecule has 1 rings (SSSR count). The molecule has 0 aliphatic carbocycles. The maximum absolute atomic E-state index is 10.2. The average Bonchev–Trinajstić information content (AvgIpc) is 1.88. The van der Waals surface area contributed by atoms with Gasteiger partial charge in [0, 0.05) is 0 Å². The van der Waals surface area contributed by atoms with Crippen molar-refractivity contribution in [3.63, 3.8) is 0 Å². The number of hydrogen-bond acceptors (Lipinski definition) is 2. The number of carboxylic acids is 1. The van der Waals surface area contributed by atoms with Gasteiger partial charge in [-0.25, -0.2) is 4.79 Å². The zero-order valence-corrected chi connectivity index (χ0v) is 7.11. The van der Waals surface area contributed by atoms with E-state index >= 15 is 0 Å². The largest absolute Gasteiger partial charge is 0.508 e. The molecular weight excluding hydrogens is 196 g/mol. The predicted molar refractivity (Wildman–Crippen MR) is 49.5 cm³/mol. The first-order valence-electron chi connectivity index (χ1n) is 2.72. The lowest BCUT2D eigenvalue weighted by Gasteiger charge is -1.92. The number of carboxylic acid groups (broad SMARTS) is 1. The summed E-state index contributed by atoms with van der Waals surface area (Å²) in [6, 6.07) is 5.36. The van der Waals surface area contributed by atoms with Crippen molar-refractivity contribution >= 4 is 5.97 Å². The van der Waals surface area contributed by atoms with Gasteiger partial charge in [0.15, 0.2) is 0 Å². The second-order valence-corrected chi connectivity index (χ2v) is 1.85. The molecule has 0 fully saturated rings. The molecule has 1 aromatic carbocycles. The van der Waals surface area contributed by atoms with Gasteiger partial charge in [-0.3, -0.25) is 0 Å². The monoisotopic (exact) mass is 210 g/mol. The third-order valence-corrected chi connectivity index (χ3v) is 1.11. The van der Waals surface area contributed by atoms with Gasteiger partial charge in [0.05, 0.1) is 5.56 Å². The standard InChI is InChI=1S/C7H6O3.4H2O/c8-6-3-1-5(2-4-6)7(9)10;;;;/h1-4,8H,(H,9,10);4*1H2. The molecule has 0 saturated carbocycles. The van der Waals surface area contributed by atoms with Crippen LogP contribution in [0.25, 0.3) is 0 Å². The lowest BCUT2D eigenvalue weighted by atomic mass is 10.2. The molecule has 0 aliphatic heterocycles. The van der Waals surface area contributed by atoms with Gasteiger partial charge < -0.3 is 32.1 Å². The molecule has 0 atom stereocenters. The van der Waals surface area contributed by atoms with E-state index < -0.39 is 5.97 Å². The topological polar surface area (TPSA) is 184 Å². The van der Waals surface area contributed by atoms with Crippen molar-refractivity contribution < 1.29 is 36.9 Å². The van der Waals surface area contributed by atoms with Crippen LogP contribution in [0.4, 0.5) is 0 Å². The summed E-state index contributed by atoms with van der Waals surface area (Å²) in [7, 11) is 0. The minimum Gasteiger partial charge on any atom is -0.508 e. The van der Waals surface area contributed by atoms with E-state index in [0.29, 0.717) is 0 Å². The van der Waals surface area contributed by atoms with Crippen LogP contribution in [-0.2, 0) is 0 Å². The number of carbonyl (C=O) groups is 1. The van der Waals surface area contributed by atoms with E-state index in [4.69, 9.17) is 10.2 Å². The van der Waals surface area contributed by atoms with E-state index in [0.717, 1.165) is 0 Å². The first-order chi connectivity index (χ1) is 4.70. The fourth-order valence-electron chi connectivity index (χ4n) is 0.604. The van der Waals surface area contributed by atoms with Crippen molar-refractivity contribution in [2.75, 3.05) is 0 Å². The lowest BCUT2D eigenvalue weighted by molar-refractivity contribution is 0.0697. The van der Waals surface area contributed by atoms with Crippen LogP contribution >= 0.6 is 0 Å². The minimum atomic E-state index is -0.986. The minimum absolute atomic E-state index is 0. The third kappa shape index (κ3) is 5.91. The van der Waals surface area contributed by atoms with Gasteiger partial charge in [0.2, 0.25) is 0 Å². The number of rotatable bonds is 1. The summed E-state index contributed by atoms with van der Waals surface area (Å²) in [4.78, 5) is 10.2. The molecule has 0 amide bonds. The summed E-state index contributed by atoms with van der Waals surface area (Å²) in [5.74, 6) is -0.912. The lowest BCUT2D eigenvalue weighted by Crippen LogP contribution is -1.93. The summed E-state index contributed by atoms with van der Waals surface area (Å²) >= 11 is 0. The highest BCUT2D eigenvalue weighted by Gasteiger charge is 1.99. The SMILES string of the molecule is O.O.O.O.O=C(O)c1ccc(O)cc1. The molecule has 7 heteroatoms. The zero-order chi connectivity index (χ0) is 7.56. The molecule has 0 radical (unpaired) electrons. The van der Waals surface area contributed by atoms with Gasteiger partial charge >= 0.3 is 5.97 Å². The third-order valence-electron chi connectivity index (χ3n) is 1.11. The summed E-state index contributed by atoms with van der Waals surface area (Å²) in [5, 5.41) is 17.1. The molecule has 10 N–H and O–H groups in total. The molecule has 84 valence electrons. The van der Waals surface area contributed by atoms with Crippen molar-refractivity contribution in [1.29, 1.82) is 0 Å². The maximum Gasteiger partial charge on any atom is 0.335 e. The summed E-state index contributed by atoms with van der Waals surface area (Å²) in [5.41, 5.74) is 0.179. The number of aromatic hydroxyl groups is 1. The van der Waals surface area contributed by atoms with Crippen molar-refractivity contribution in [1.82, 2.24) is 0 Å². The van der Waals surface area contributed by atoms with Gasteiger partial charge in [-0.05, 0) is 24.3 Å². The average molecular weight is 210 g/mol. The summed E-state index contributed by atoms with van der Waals surface area (Å²) in [6.07, 6.45) is 0. The van der Waals surface area contributed by atoms with Gasteiger partial charge in [-0.15, -0.1) is 0 Å². The normalized spacial score (nSPS) is 6.57.